The second kappa shape index (κ2) is 1.72. The van der Waals surface area contributed by atoms with Crippen molar-refractivity contribution in [2.45, 2.75) is 0 Å². The fourth-order valence-corrected chi connectivity index (χ4v) is 1.11. The zero-order valence-electron chi connectivity index (χ0n) is 3.39. The van der Waals surface area contributed by atoms with Crippen LogP contribution < -0.4 is 0 Å². The largest absolute Gasteiger partial charge is 0.506 e. The van der Waals surface area contributed by atoms with E-state index in [1.165, 1.54) is 11.3 Å². The second-order valence-corrected chi connectivity index (χ2v) is 2.26. The van der Waals surface area contributed by atoms with E-state index in [1.807, 2.05) is 0 Å². The Morgan fingerprint density at radius 3 is 2.43 bits per heavy atom. The molecule has 1 aromatic heterocycles. The van der Waals surface area contributed by atoms with Crippen LogP contribution in [0.25, 0.3) is 0 Å². The molecule has 1 N–H and O–H groups in total. The Bertz CT molecular complexity index is 144. The molecule has 0 bridgehead atoms. The van der Waals surface area contributed by atoms with Crippen LogP contribution in [0.1, 0.15) is 0 Å². The molecule has 0 atom stereocenters. The third kappa shape index (κ3) is 0.868. The van der Waals surface area contributed by atoms with Crippen LogP contribution in [0.5, 0.6) is 5.75 Å². The topological polar surface area (TPSA) is 20.2 Å². The Kier molecular flexibility index (Phi) is 1.21. The lowest BCUT2D eigenvalue weighted by molar-refractivity contribution is 0.478. The molecular weight excluding hydrogens is 132 g/mol. The van der Waals surface area contributed by atoms with E-state index in [0.717, 1.165) is 0 Å². The minimum atomic E-state index is 0.173. The fraction of sp³-hybridized carbons (Fsp3) is 0. The van der Waals surface area contributed by atoms with Crippen LogP contribution in [-0.2, 0) is 0 Å². The third-order valence-electron chi connectivity index (χ3n) is 0.596. The number of hydrogen-bond acceptors (Lipinski definition) is 2. The molecule has 0 unspecified atom stereocenters. The van der Waals surface area contributed by atoms with Gasteiger partial charge in [0.25, 0.3) is 0 Å². The van der Waals surface area contributed by atoms with E-state index in [9.17, 15) is 0 Å². The van der Waals surface area contributed by atoms with Gasteiger partial charge in [0.1, 0.15) is 5.75 Å². The van der Waals surface area contributed by atoms with Crippen LogP contribution >= 0.6 is 22.9 Å². The molecule has 0 aliphatic heterocycles. The van der Waals surface area contributed by atoms with E-state index in [-0.39, 0.29) is 5.75 Å². The van der Waals surface area contributed by atoms with Gasteiger partial charge in [-0.25, -0.2) is 0 Å². The molecule has 0 amide bonds. The van der Waals surface area contributed by atoms with Crippen LogP contribution in [-0.4, -0.2) is 5.11 Å². The molecule has 0 aliphatic carbocycles. The van der Waals surface area contributed by atoms with Gasteiger partial charge in [-0.05, 0) is 0 Å². The first-order chi connectivity index (χ1) is 3.30. The molecule has 0 radical (unpaired) electrons. The van der Waals surface area contributed by atoms with Crippen molar-refractivity contribution in [1.82, 2.24) is 0 Å². The van der Waals surface area contributed by atoms with Gasteiger partial charge in [0.2, 0.25) is 0 Å². The fourth-order valence-electron chi connectivity index (χ4n) is 0.275. The van der Waals surface area contributed by atoms with Crippen LogP contribution in [0.3, 0.4) is 0 Å². The average Bonchev–Trinajstić information content (AvgIpc) is 1.91. The predicted octanol–water partition coefficient (Wildman–Crippen LogP) is 2.11. The lowest BCUT2D eigenvalue weighted by atomic mass is 10.6. The molecule has 1 nitrogen and oxygen atoms in total. The number of aromatic hydroxyl groups is 1. The Hall–Kier alpha value is -0.210. The highest BCUT2D eigenvalue weighted by molar-refractivity contribution is 7.08. The van der Waals surface area contributed by atoms with Crippen molar-refractivity contribution in [3.8, 4) is 5.75 Å². The van der Waals surface area contributed by atoms with Crippen molar-refractivity contribution in [2.75, 3.05) is 0 Å². The minimum Gasteiger partial charge on any atom is -0.506 e. The molecule has 1 aromatic rings. The van der Waals surface area contributed by atoms with Gasteiger partial charge in [0, 0.05) is 10.8 Å². The lowest BCUT2D eigenvalue weighted by Crippen LogP contribution is -1.48. The van der Waals surface area contributed by atoms with E-state index in [1.54, 1.807) is 10.8 Å². The van der Waals surface area contributed by atoms with Gasteiger partial charge < -0.3 is 5.11 Å². The van der Waals surface area contributed by atoms with Gasteiger partial charge in [-0.15, -0.1) is 11.3 Å². The molecule has 1 heterocycles. The molecule has 0 spiro atoms. The highest BCUT2D eigenvalue weighted by Crippen LogP contribution is 2.25. The summed E-state index contributed by atoms with van der Waals surface area (Å²) in [7, 11) is 0. The summed E-state index contributed by atoms with van der Waals surface area (Å²) in [6.07, 6.45) is 0. The summed E-state index contributed by atoms with van der Waals surface area (Å²) < 4.78 is 0. The molecule has 1 rings (SSSR count). The van der Waals surface area contributed by atoms with Crippen molar-refractivity contribution >= 4 is 22.9 Å². The number of rotatable bonds is 0. The average molecular weight is 135 g/mol. The molecule has 7 heavy (non-hydrogen) atoms. The van der Waals surface area contributed by atoms with E-state index < -0.39 is 0 Å². The Morgan fingerprint density at radius 2 is 2.29 bits per heavy atom. The summed E-state index contributed by atoms with van der Waals surface area (Å²) >= 11 is 6.77. The third-order valence-corrected chi connectivity index (χ3v) is 1.76. The van der Waals surface area contributed by atoms with E-state index in [0.29, 0.717) is 5.02 Å². The molecule has 0 saturated heterocycles. The van der Waals surface area contributed by atoms with Gasteiger partial charge in [0.15, 0.2) is 0 Å². The van der Waals surface area contributed by atoms with Gasteiger partial charge in [0.05, 0.1) is 5.02 Å². The summed E-state index contributed by atoms with van der Waals surface area (Å²) in [5, 5.41) is 12.3. The van der Waals surface area contributed by atoms with E-state index in [4.69, 9.17) is 16.7 Å². The van der Waals surface area contributed by atoms with Gasteiger partial charge in [-0.2, -0.15) is 0 Å². The zero-order valence-corrected chi connectivity index (χ0v) is 4.96. The number of hydrogen-bond donors (Lipinski definition) is 1. The summed E-state index contributed by atoms with van der Waals surface area (Å²) in [6, 6.07) is 0. The van der Waals surface area contributed by atoms with Crippen molar-refractivity contribution in [3.63, 3.8) is 0 Å². The molecule has 0 aromatic carbocycles. The van der Waals surface area contributed by atoms with Crippen molar-refractivity contribution in [3.05, 3.63) is 15.8 Å². The molecular formula is C4H3ClOS. The van der Waals surface area contributed by atoms with Crippen LogP contribution in [0, 0.1) is 0 Å². The first-order valence-electron chi connectivity index (χ1n) is 1.71. The smallest absolute Gasteiger partial charge is 0.144 e. The Morgan fingerprint density at radius 1 is 1.57 bits per heavy atom. The predicted molar refractivity (Wildman–Crippen MR) is 31.0 cm³/mol. The monoisotopic (exact) mass is 134 g/mol. The van der Waals surface area contributed by atoms with Crippen LogP contribution in [0.15, 0.2) is 10.8 Å². The van der Waals surface area contributed by atoms with Crippen LogP contribution in [0.4, 0.5) is 0 Å². The standard InChI is InChI=1S/C4H3ClOS/c5-3-1-7-2-4(3)6/h1-2,6H. The maximum Gasteiger partial charge on any atom is 0.144 e. The van der Waals surface area contributed by atoms with Crippen LogP contribution in [0.2, 0.25) is 5.02 Å². The normalized spacial score (nSPS) is 9.29. The van der Waals surface area contributed by atoms with Crippen molar-refractivity contribution in [2.24, 2.45) is 0 Å². The maximum absolute atomic E-state index is 8.64. The van der Waals surface area contributed by atoms with E-state index in [2.05, 4.69) is 0 Å². The van der Waals surface area contributed by atoms with Gasteiger partial charge in [-0.3, -0.25) is 0 Å². The summed E-state index contributed by atoms with van der Waals surface area (Å²) in [5.74, 6) is 0.173. The highest BCUT2D eigenvalue weighted by atomic mass is 35.5. The minimum absolute atomic E-state index is 0.173. The maximum atomic E-state index is 8.64. The van der Waals surface area contributed by atoms with Crippen molar-refractivity contribution < 1.29 is 5.11 Å². The van der Waals surface area contributed by atoms with Crippen molar-refractivity contribution in [1.29, 1.82) is 0 Å². The second-order valence-electron chi connectivity index (χ2n) is 1.10. The Balaban J connectivity index is 3.12. The molecule has 0 fully saturated rings. The summed E-state index contributed by atoms with van der Waals surface area (Å²) in [4.78, 5) is 0. The quantitative estimate of drug-likeness (QED) is 0.576. The first kappa shape index (κ1) is 4.94. The SMILES string of the molecule is Oc1cscc1Cl. The number of thiophene rings is 1. The molecule has 3 heteroatoms. The lowest BCUT2D eigenvalue weighted by Gasteiger charge is -1.77. The molecule has 0 aliphatic rings. The van der Waals surface area contributed by atoms with Gasteiger partial charge >= 0.3 is 0 Å². The van der Waals surface area contributed by atoms with E-state index >= 15 is 0 Å². The summed E-state index contributed by atoms with van der Waals surface area (Å²) in [5.41, 5.74) is 0. The molecule has 0 saturated carbocycles. The first-order valence-corrected chi connectivity index (χ1v) is 3.03. The highest BCUT2D eigenvalue weighted by Gasteiger charge is 1.93. The molecule has 38 valence electrons. The summed E-state index contributed by atoms with van der Waals surface area (Å²) in [6.45, 7) is 0. The zero-order chi connectivity index (χ0) is 5.28. The number of halogens is 1. The Labute approximate surface area is 50.2 Å². The van der Waals surface area contributed by atoms with Gasteiger partial charge in [-0.1, -0.05) is 11.6 Å².